The third-order valence-electron chi connectivity index (χ3n) is 3.16. The maximum atomic E-state index is 11.6. The van der Waals surface area contributed by atoms with Gasteiger partial charge in [-0.2, -0.15) is 0 Å². The lowest BCUT2D eigenvalue weighted by molar-refractivity contribution is -0.124. The van der Waals surface area contributed by atoms with Crippen LogP contribution < -0.4 is 15.8 Å². The maximum Gasteiger partial charge on any atom is 0.242 e. The average molecular weight is 220 g/mol. The summed E-state index contributed by atoms with van der Waals surface area (Å²) < 4.78 is 5.09. The average Bonchev–Trinajstić information content (AvgIpc) is 2.79. The minimum Gasteiger partial charge on any atom is -0.497 e. The molecule has 0 aromatic heterocycles. The fourth-order valence-electron chi connectivity index (χ4n) is 2.22. The number of nitrogens with two attached hydrogens (primary N) is 1. The highest BCUT2D eigenvalue weighted by atomic mass is 16.5. The number of primary amides is 1. The highest BCUT2D eigenvalue weighted by Gasteiger charge is 2.40. The molecule has 1 aromatic rings. The third kappa shape index (κ3) is 1.65. The van der Waals surface area contributed by atoms with E-state index in [0.29, 0.717) is 0 Å². The van der Waals surface area contributed by atoms with E-state index >= 15 is 0 Å². The van der Waals surface area contributed by atoms with Crippen LogP contribution >= 0.6 is 0 Å². The molecule has 1 atom stereocenters. The Morgan fingerprint density at radius 2 is 2.12 bits per heavy atom. The summed E-state index contributed by atoms with van der Waals surface area (Å²) in [5.74, 6) is 0.469. The molecule has 1 unspecified atom stereocenters. The third-order valence-corrected chi connectivity index (χ3v) is 3.16. The van der Waals surface area contributed by atoms with Gasteiger partial charge < -0.3 is 10.5 Å². The molecule has 4 nitrogen and oxygen atoms in total. The zero-order chi connectivity index (χ0) is 11.6. The number of amides is 1. The van der Waals surface area contributed by atoms with Crippen molar-refractivity contribution in [1.82, 2.24) is 5.32 Å². The topological polar surface area (TPSA) is 64.3 Å². The predicted molar refractivity (Wildman–Crippen MR) is 61.1 cm³/mol. The number of methoxy groups -OCH3 is 1. The molecule has 4 heteroatoms. The summed E-state index contributed by atoms with van der Waals surface area (Å²) in [5.41, 5.74) is 5.73. The van der Waals surface area contributed by atoms with Gasteiger partial charge in [0.1, 0.15) is 11.3 Å². The van der Waals surface area contributed by atoms with Gasteiger partial charge in [-0.05, 0) is 37.1 Å². The molecule has 86 valence electrons. The molecule has 1 saturated heterocycles. The van der Waals surface area contributed by atoms with Crippen molar-refractivity contribution in [1.29, 1.82) is 0 Å². The van der Waals surface area contributed by atoms with Crippen molar-refractivity contribution in [3.8, 4) is 5.75 Å². The lowest BCUT2D eigenvalue weighted by Crippen LogP contribution is -2.48. The number of nitrogens with one attached hydrogen (secondary N) is 1. The normalized spacial score (nSPS) is 24.3. The Bertz CT molecular complexity index is 381. The summed E-state index contributed by atoms with van der Waals surface area (Å²) in [6.07, 6.45) is 1.73. The molecule has 1 amide bonds. The number of hydrogen-bond acceptors (Lipinski definition) is 3. The van der Waals surface area contributed by atoms with Crippen LogP contribution in [-0.4, -0.2) is 19.6 Å². The first-order valence-electron chi connectivity index (χ1n) is 5.38. The quantitative estimate of drug-likeness (QED) is 0.790. The summed E-state index contributed by atoms with van der Waals surface area (Å²) in [7, 11) is 1.62. The Morgan fingerprint density at radius 3 is 2.56 bits per heavy atom. The zero-order valence-electron chi connectivity index (χ0n) is 9.32. The first-order chi connectivity index (χ1) is 7.69. The Balaban J connectivity index is 2.36. The minimum absolute atomic E-state index is 0.310. The summed E-state index contributed by atoms with van der Waals surface area (Å²) in [6, 6.07) is 7.48. The van der Waals surface area contributed by atoms with Gasteiger partial charge in [-0.15, -0.1) is 0 Å². The molecule has 1 fully saturated rings. The largest absolute Gasteiger partial charge is 0.497 e. The van der Waals surface area contributed by atoms with E-state index in [1.165, 1.54) is 0 Å². The van der Waals surface area contributed by atoms with Gasteiger partial charge in [0.25, 0.3) is 0 Å². The van der Waals surface area contributed by atoms with Crippen LogP contribution in [0.4, 0.5) is 0 Å². The number of carbonyl (C=O) groups excluding carboxylic acids is 1. The first-order valence-corrected chi connectivity index (χ1v) is 5.38. The molecular weight excluding hydrogens is 204 g/mol. The van der Waals surface area contributed by atoms with Crippen LogP contribution in [0.5, 0.6) is 5.75 Å². The molecule has 1 heterocycles. The van der Waals surface area contributed by atoms with E-state index in [1.54, 1.807) is 7.11 Å². The van der Waals surface area contributed by atoms with Crippen molar-refractivity contribution in [2.24, 2.45) is 5.73 Å². The van der Waals surface area contributed by atoms with Crippen LogP contribution in [-0.2, 0) is 10.3 Å². The predicted octanol–water partition coefficient (Wildman–Crippen LogP) is 0.759. The SMILES string of the molecule is COc1ccc(C2(C(N)=O)CCCN2)cc1. The fraction of sp³-hybridized carbons (Fsp3) is 0.417. The molecule has 0 saturated carbocycles. The Morgan fingerprint density at radius 1 is 1.44 bits per heavy atom. The monoisotopic (exact) mass is 220 g/mol. The molecule has 0 spiro atoms. The van der Waals surface area contributed by atoms with E-state index in [0.717, 1.165) is 30.7 Å². The van der Waals surface area contributed by atoms with Crippen molar-refractivity contribution in [2.75, 3.05) is 13.7 Å². The lowest BCUT2D eigenvalue weighted by Gasteiger charge is -2.26. The molecule has 0 bridgehead atoms. The van der Waals surface area contributed by atoms with Gasteiger partial charge in [-0.25, -0.2) is 0 Å². The summed E-state index contributed by atoms with van der Waals surface area (Å²) in [4.78, 5) is 11.6. The van der Waals surface area contributed by atoms with Gasteiger partial charge in [-0.1, -0.05) is 12.1 Å². The first kappa shape index (κ1) is 11.0. The smallest absolute Gasteiger partial charge is 0.242 e. The second-order valence-electron chi connectivity index (χ2n) is 4.03. The van der Waals surface area contributed by atoms with Gasteiger partial charge in [0.05, 0.1) is 7.11 Å². The number of carbonyl (C=O) groups is 1. The second-order valence-corrected chi connectivity index (χ2v) is 4.03. The highest BCUT2D eigenvalue weighted by Crippen LogP contribution is 2.31. The van der Waals surface area contributed by atoms with E-state index in [4.69, 9.17) is 10.5 Å². The van der Waals surface area contributed by atoms with Gasteiger partial charge in [0.2, 0.25) is 5.91 Å². The molecule has 1 aromatic carbocycles. The minimum atomic E-state index is -0.688. The van der Waals surface area contributed by atoms with Crippen LogP contribution in [0.15, 0.2) is 24.3 Å². The van der Waals surface area contributed by atoms with Crippen molar-refractivity contribution >= 4 is 5.91 Å². The van der Waals surface area contributed by atoms with Crippen LogP contribution in [0.2, 0.25) is 0 Å². The summed E-state index contributed by atoms with van der Waals surface area (Å²) in [6.45, 7) is 0.828. The van der Waals surface area contributed by atoms with E-state index in [1.807, 2.05) is 24.3 Å². The molecule has 2 rings (SSSR count). The van der Waals surface area contributed by atoms with Gasteiger partial charge in [0.15, 0.2) is 0 Å². The van der Waals surface area contributed by atoms with E-state index in [-0.39, 0.29) is 5.91 Å². The fourth-order valence-corrected chi connectivity index (χ4v) is 2.22. The molecule has 0 aliphatic carbocycles. The van der Waals surface area contributed by atoms with E-state index in [2.05, 4.69) is 5.32 Å². The van der Waals surface area contributed by atoms with Crippen molar-refractivity contribution in [3.63, 3.8) is 0 Å². The van der Waals surface area contributed by atoms with E-state index < -0.39 is 5.54 Å². The van der Waals surface area contributed by atoms with Crippen LogP contribution in [0, 0.1) is 0 Å². The van der Waals surface area contributed by atoms with Crippen molar-refractivity contribution in [3.05, 3.63) is 29.8 Å². The second kappa shape index (κ2) is 4.14. The van der Waals surface area contributed by atoms with Gasteiger partial charge >= 0.3 is 0 Å². The molecule has 1 aliphatic heterocycles. The van der Waals surface area contributed by atoms with E-state index in [9.17, 15) is 4.79 Å². The van der Waals surface area contributed by atoms with Crippen molar-refractivity contribution < 1.29 is 9.53 Å². The van der Waals surface area contributed by atoms with Crippen LogP contribution in [0.3, 0.4) is 0 Å². The Kier molecular flexibility index (Phi) is 2.83. The van der Waals surface area contributed by atoms with Crippen LogP contribution in [0.25, 0.3) is 0 Å². The molecule has 0 radical (unpaired) electrons. The molecule has 3 N–H and O–H groups in total. The van der Waals surface area contributed by atoms with Crippen LogP contribution in [0.1, 0.15) is 18.4 Å². The Hall–Kier alpha value is -1.55. The standard InChI is InChI=1S/C12H16N2O2/c1-16-10-5-3-9(4-6-10)12(11(13)15)7-2-8-14-12/h3-6,14H,2,7-8H2,1H3,(H2,13,15). The number of rotatable bonds is 3. The zero-order valence-corrected chi connectivity index (χ0v) is 9.32. The number of hydrogen-bond donors (Lipinski definition) is 2. The van der Waals surface area contributed by atoms with Gasteiger partial charge in [-0.3, -0.25) is 10.1 Å². The van der Waals surface area contributed by atoms with Crippen molar-refractivity contribution in [2.45, 2.75) is 18.4 Å². The highest BCUT2D eigenvalue weighted by molar-refractivity contribution is 5.86. The summed E-state index contributed by atoms with van der Waals surface area (Å²) >= 11 is 0. The van der Waals surface area contributed by atoms with Gasteiger partial charge in [0, 0.05) is 0 Å². The molecule has 16 heavy (non-hydrogen) atoms. The Labute approximate surface area is 94.8 Å². The molecule has 1 aliphatic rings. The summed E-state index contributed by atoms with van der Waals surface area (Å²) in [5, 5.41) is 3.21. The molecular formula is C12H16N2O2. The maximum absolute atomic E-state index is 11.6. The number of ether oxygens (including phenoxy) is 1. The number of benzene rings is 1. The lowest BCUT2D eigenvalue weighted by atomic mass is 9.87.